The third-order valence-electron chi connectivity index (χ3n) is 2.24. The summed E-state index contributed by atoms with van der Waals surface area (Å²) >= 11 is 0. The lowest BCUT2D eigenvalue weighted by atomic mass is 10.1. The Morgan fingerprint density at radius 1 is 1.44 bits per heavy atom. The number of nitrogens with two attached hydrogens (primary N) is 1. The molecule has 4 nitrogen and oxygen atoms in total. The summed E-state index contributed by atoms with van der Waals surface area (Å²) in [6, 6.07) is 5.23. The van der Waals surface area contributed by atoms with E-state index >= 15 is 0 Å². The van der Waals surface area contributed by atoms with Crippen molar-refractivity contribution in [3.8, 4) is 0 Å². The first kappa shape index (κ1) is 12.4. The Kier molecular flexibility index (Phi) is 4.17. The molecule has 0 saturated heterocycles. The molecular formula is C12H19N3O. The van der Waals surface area contributed by atoms with E-state index < -0.39 is 0 Å². The number of benzene rings is 1. The second kappa shape index (κ2) is 5.39. The number of hydrogen-bond donors (Lipinski definition) is 3. The largest absolute Gasteiger partial charge is 0.397 e. The Bertz CT molecular complexity index is 375. The number of nitrogen functional groups attached to an aromatic ring is 1. The Morgan fingerprint density at radius 2 is 2.12 bits per heavy atom. The Balaban J connectivity index is 2.86. The first-order chi connectivity index (χ1) is 7.54. The van der Waals surface area contributed by atoms with Crippen LogP contribution in [0.5, 0.6) is 0 Å². The van der Waals surface area contributed by atoms with Crippen molar-refractivity contribution in [2.24, 2.45) is 5.92 Å². The van der Waals surface area contributed by atoms with Gasteiger partial charge in [0.15, 0.2) is 0 Å². The zero-order valence-corrected chi connectivity index (χ0v) is 10.0. The second-order valence-corrected chi connectivity index (χ2v) is 4.16. The molecule has 0 bridgehead atoms. The highest BCUT2D eigenvalue weighted by molar-refractivity contribution is 5.96. The van der Waals surface area contributed by atoms with Gasteiger partial charge in [-0.1, -0.05) is 13.8 Å². The minimum atomic E-state index is -0.104. The van der Waals surface area contributed by atoms with Gasteiger partial charge in [-0.3, -0.25) is 4.79 Å². The Morgan fingerprint density at radius 3 is 2.69 bits per heavy atom. The summed E-state index contributed by atoms with van der Waals surface area (Å²) in [5, 5.41) is 5.81. The van der Waals surface area contributed by atoms with Crippen molar-refractivity contribution in [1.82, 2.24) is 5.32 Å². The van der Waals surface area contributed by atoms with Crippen LogP contribution in [0.3, 0.4) is 0 Å². The summed E-state index contributed by atoms with van der Waals surface area (Å²) in [5.41, 5.74) is 7.91. The van der Waals surface area contributed by atoms with E-state index in [2.05, 4.69) is 24.5 Å². The van der Waals surface area contributed by atoms with Crippen LogP contribution < -0.4 is 16.4 Å². The fraction of sp³-hybridized carbons (Fsp3) is 0.417. The van der Waals surface area contributed by atoms with Crippen molar-refractivity contribution in [2.75, 3.05) is 24.6 Å². The third-order valence-corrected chi connectivity index (χ3v) is 2.24. The molecule has 0 spiro atoms. The molecule has 1 rings (SSSR count). The zero-order valence-electron chi connectivity index (χ0n) is 10.0. The molecule has 88 valence electrons. The molecule has 0 aliphatic carbocycles. The molecule has 0 heterocycles. The number of anilines is 2. The molecule has 4 N–H and O–H groups in total. The van der Waals surface area contributed by atoms with Crippen LogP contribution in [-0.4, -0.2) is 19.5 Å². The number of nitrogens with one attached hydrogen (secondary N) is 2. The van der Waals surface area contributed by atoms with E-state index in [9.17, 15) is 4.79 Å². The molecule has 0 atom stereocenters. The molecule has 0 aromatic heterocycles. The van der Waals surface area contributed by atoms with Gasteiger partial charge >= 0.3 is 0 Å². The summed E-state index contributed by atoms with van der Waals surface area (Å²) < 4.78 is 0. The lowest BCUT2D eigenvalue weighted by Gasteiger charge is -2.12. The van der Waals surface area contributed by atoms with Crippen LogP contribution in [0.2, 0.25) is 0 Å². The molecule has 1 amide bonds. The van der Waals surface area contributed by atoms with Gasteiger partial charge < -0.3 is 16.4 Å². The average molecular weight is 221 g/mol. The minimum Gasteiger partial charge on any atom is -0.397 e. The summed E-state index contributed by atoms with van der Waals surface area (Å²) in [6.45, 7) is 5.07. The summed E-state index contributed by atoms with van der Waals surface area (Å²) in [6.07, 6.45) is 0. The molecule has 1 aromatic rings. The van der Waals surface area contributed by atoms with Crippen molar-refractivity contribution in [1.29, 1.82) is 0 Å². The van der Waals surface area contributed by atoms with Gasteiger partial charge in [-0.15, -0.1) is 0 Å². The van der Waals surface area contributed by atoms with Crippen LogP contribution in [-0.2, 0) is 0 Å². The van der Waals surface area contributed by atoms with Crippen molar-refractivity contribution in [3.05, 3.63) is 23.8 Å². The lowest BCUT2D eigenvalue weighted by Crippen LogP contribution is -2.18. The van der Waals surface area contributed by atoms with Gasteiger partial charge in [-0.05, 0) is 24.1 Å². The maximum absolute atomic E-state index is 11.4. The van der Waals surface area contributed by atoms with E-state index in [-0.39, 0.29) is 5.91 Å². The number of rotatable bonds is 4. The van der Waals surface area contributed by atoms with Crippen molar-refractivity contribution < 1.29 is 4.79 Å². The van der Waals surface area contributed by atoms with Gasteiger partial charge in [0.05, 0.1) is 11.4 Å². The summed E-state index contributed by atoms with van der Waals surface area (Å²) in [7, 11) is 1.61. The summed E-state index contributed by atoms with van der Waals surface area (Å²) in [4.78, 5) is 11.4. The number of hydrogen-bond acceptors (Lipinski definition) is 3. The third kappa shape index (κ3) is 3.15. The molecule has 0 unspecified atom stereocenters. The van der Waals surface area contributed by atoms with Gasteiger partial charge in [0.25, 0.3) is 5.91 Å². The summed E-state index contributed by atoms with van der Waals surface area (Å²) in [5.74, 6) is 0.427. The Labute approximate surface area is 96.2 Å². The minimum absolute atomic E-state index is 0.104. The SMILES string of the molecule is CNC(=O)c1ccc(N)c(NCC(C)C)c1. The quantitative estimate of drug-likeness (QED) is 0.678. The number of carbonyl (C=O) groups excluding carboxylic acids is 1. The number of amides is 1. The maximum Gasteiger partial charge on any atom is 0.251 e. The first-order valence-electron chi connectivity index (χ1n) is 5.40. The highest BCUT2D eigenvalue weighted by Gasteiger charge is 2.06. The molecule has 0 fully saturated rings. The van der Waals surface area contributed by atoms with Crippen LogP contribution in [0.25, 0.3) is 0 Å². The monoisotopic (exact) mass is 221 g/mol. The van der Waals surface area contributed by atoms with E-state index in [1.807, 2.05) is 0 Å². The van der Waals surface area contributed by atoms with E-state index in [0.717, 1.165) is 12.2 Å². The van der Waals surface area contributed by atoms with E-state index in [1.54, 1.807) is 25.2 Å². The fourth-order valence-corrected chi connectivity index (χ4v) is 1.31. The van der Waals surface area contributed by atoms with Crippen LogP contribution in [0, 0.1) is 5.92 Å². The maximum atomic E-state index is 11.4. The van der Waals surface area contributed by atoms with E-state index in [0.29, 0.717) is 17.2 Å². The topological polar surface area (TPSA) is 67.2 Å². The number of carbonyl (C=O) groups is 1. The van der Waals surface area contributed by atoms with Gasteiger partial charge in [0.1, 0.15) is 0 Å². The molecule has 0 radical (unpaired) electrons. The van der Waals surface area contributed by atoms with Crippen LogP contribution in [0.15, 0.2) is 18.2 Å². The predicted molar refractivity (Wildman–Crippen MR) is 67.6 cm³/mol. The van der Waals surface area contributed by atoms with Gasteiger partial charge in [0, 0.05) is 19.2 Å². The fourth-order valence-electron chi connectivity index (χ4n) is 1.31. The van der Waals surface area contributed by atoms with Crippen molar-refractivity contribution in [2.45, 2.75) is 13.8 Å². The molecular weight excluding hydrogens is 202 g/mol. The second-order valence-electron chi connectivity index (χ2n) is 4.16. The lowest BCUT2D eigenvalue weighted by molar-refractivity contribution is 0.0963. The molecule has 1 aromatic carbocycles. The van der Waals surface area contributed by atoms with Gasteiger partial charge in [0.2, 0.25) is 0 Å². The predicted octanol–water partition coefficient (Wildman–Crippen LogP) is 1.70. The highest BCUT2D eigenvalue weighted by Crippen LogP contribution is 2.20. The van der Waals surface area contributed by atoms with Crippen LogP contribution in [0.4, 0.5) is 11.4 Å². The molecule has 0 aliphatic rings. The molecule has 0 aliphatic heterocycles. The average Bonchev–Trinajstić information content (AvgIpc) is 2.26. The van der Waals surface area contributed by atoms with Crippen LogP contribution in [0.1, 0.15) is 24.2 Å². The van der Waals surface area contributed by atoms with E-state index in [1.165, 1.54) is 0 Å². The Hall–Kier alpha value is -1.71. The van der Waals surface area contributed by atoms with Crippen molar-refractivity contribution in [3.63, 3.8) is 0 Å². The zero-order chi connectivity index (χ0) is 12.1. The first-order valence-corrected chi connectivity index (χ1v) is 5.40. The van der Waals surface area contributed by atoms with Gasteiger partial charge in [-0.2, -0.15) is 0 Å². The smallest absolute Gasteiger partial charge is 0.251 e. The normalized spacial score (nSPS) is 10.2. The van der Waals surface area contributed by atoms with E-state index in [4.69, 9.17) is 5.73 Å². The standard InChI is InChI=1S/C12H19N3O/c1-8(2)7-15-11-6-9(12(16)14-3)4-5-10(11)13/h4-6,8,15H,7,13H2,1-3H3,(H,14,16). The molecule has 0 saturated carbocycles. The molecule has 4 heteroatoms. The highest BCUT2D eigenvalue weighted by atomic mass is 16.1. The van der Waals surface area contributed by atoms with Gasteiger partial charge in [-0.25, -0.2) is 0 Å². The van der Waals surface area contributed by atoms with Crippen LogP contribution >= 0.6 is 0 Å². The molecule has 16 heavy (non-hydrogen) atoms. The van der Waals surface area contributed by atoms with Crippen molar-refractivity contribution >= 4 is 17.3 Å².